The maximum absolute atomic E-state index is 12.4. The maximum atomic E-state index is 12.4. The number of methoxy groups -OCH3 is 2. The molecule has 0 spiro atoms. The molecule has 0 bridgehead atoms. The molecule has 8 heteroatoms. The fraction of sp³-hybridized carbons (Fsp3) is 0.400. The Morgan fingerprint density at radius 3 is 2.26 bits per heavy atom. The van der Waals surface area contributed by atoms with Gasteiger partial charge in [0.05, 0.1) is 14.2 Å². The number of nitrogens with one attached hydrogen (secondary N) is 1. The predicted molar refractivity (Wildman–Crippen MR) is 84.3 cm³/mol. The van der Waals surface area contributed by atoms with E-state index in [1.807, 2.05) is 6.92 Å². The van der Waals surface area contributed by atoms with E-state index in [0.29, 0.717) is 17.2 Å². The van der Waals surface area contributed by atoms with Crippen LogP contribution < -0.4 is 14.2 Å². The van der Waals surface area contributed by atoms with Crippen LogP contribution in [0.5, 0.6) is 11.5 Å². The molecule has 1 N–H and O–H groups in total. The third-order valence-electron chi connectivity index (χ3n) is 3.53. The standard InChI is InChI=1S/C15H20N2O5S/c1-9-6-13(20-4)14(21-5)7-12(9)8-16-23(18,19)15-10(2)17-22-11(15)3/h6-7,16H,8H2,1-5H3. The molecule has 0 aliphatic carbocycles. The van der Waals surface area contributed by atoms with Crippen LogP contribution in [0.1, 0.15) is 22.6 Å². The average molecular weight is 340 g/mol. The zero-order valence-electron chi connectivity index (χ0n) is 13.8. The first-order valence-electron chi connectivity index (χ1n) is 6.94. The molecule has 2 aromatic rings. The van der Waals surface area contributed by atoms with E-state index < -0.39 is 10.0 Å². The van der Waals surface area contributed by atoms with E-state index >= 15 is 0 Å². The van der Waals surface area contributed by atoms with Crippen LogP contribution in [0.25, 0.3) is 0 Å². The summed E-state index contributed by atoms with van der Waals surface area (Å²) in [5, 5.41) is 3.67. The molecule has 0 saturated heterocycles. The molecule has 0 amide bonds. The van der Waals surface area contributed by atoms with Crippen molar-refractivity contribution in [1.29, 1.82) is 0 Å². The molecule has 0 atom stereocenters. The summed E-state index contributed by atoms with van der Waals surface area (Å²) in [6.07, 6.45) is 0. The molecule has 0 unspecified atom stereocenters. The van der Waals surface area contributed by atoms with Crippen LogP contribution in [0, 0.1) is 20.8 Å². The molecule has 126 valence electrons. The Hall–Kier alpha value is -2.06. The zero-order valence-corrected chi connectivity index (χ0v) is 14.6. The molecule has 0 saturated carbocycles. The second-order valence-electron chi connectivity index (χ2n) is 5.11. The van der Waals surface area contributed by atoms with E-state index in [4.69, 9.17) is 14.0 Å². The Labute approximate surface area is 135 Å². The van der Waals surface area contributed by atoms with Crippen LogP contribution in [0.2, 0.25) is 0 Å². The minimum atomic E-state index is -3.71. The normalized spacial score (nSPS) is 11.5. The van der Waals surface area contributed by atoms with Gasteiger partial charge in [-0.25, -0.2) is 13.1 Å². The first-order chi connectivity index (χ1) is 10.8. The number of hydrogen-bond donors (Lipinski definition) is 1. The lowest BCUT2D eigenvalue weighted by Crippen LogP contribution is -2.24. The van der Waals surface area contributed by atoms with Crippen molar-refractivity contribution < 1.29 is 22.4 Å². The summed E-state index contributed by atoms with van der Waals surface area (Å²) >= 11 is 0. The largest absolute Gasteiger partial charge is 0.493 e. The Balaban J connectivity index is 2.27. The molecule has 0 aliphatic heterocycles. The fourth-order valence-electron chi connectivity index (χ4n) is 2.32. The molecule has 1 aromatic heterocycles. The minimum absolute atomic E-state index is 0.0793. The van der Waals surface area contributed by atoms with E-state index in [-0.39, 0.29) is 17.2 Å². The number of aromatic nitrogens is 1. The third-order valence-corrected chi connectivity index (χ3v) is 5.18. The molecule has 2 rings (SSSR count). The van der Waals surface area contributed by atoms with Crippen molar-refractivity contribution in [2.75, 3.05) is 14.2 Å². The quantitative estimate of drug-likeness (QED) is 0.866. The van der Waals surface area contributed by atoms with Gasteiger partial charge in [0.15, 0.2) is 17.3 Å². The van der Waals surface area contributed by atoms with E-state index in [9.17, 15) is 8.42 Å². The van der Waals surface area contributed by atoms with Gasteiger partial charge in [0.1, 0.15) is 10.6 Å². The summed E-state index contributed by atoms with van der Waals surface area (Å²) in [7, 11) is -0.621. The predicted octanol–water partition coefficient (Wildman–Crippen LogP) is 2.10. The van der Waals surface area contributed by atoms with Crippen molar-refractivity contribution in [2.24, 2.45) is 0 Å². The molecule has 0 radical (unpaired) electrons. The lowest BCUT2D eigenvalue weighted by atomic mass is 10.1. The van der Waals surface area contributed by atoms with E-state index in [2.05, 4.69) is 9.88 Å². The number of ether oxygens (including phenoxy) is 2. The van der Waals surface area contributed by atoms with E-state index in [0.717, 1.165) is 11.1 Å². The molecule has 1 heterocycles. The van der Waals surface area contributed by atoms with Crippen molar-refractivity contribution in [2.45, 2.75) is 32.2 Å². The summed E-state index contributed by atoms with van der Waals surface area (Å²) in [6, 6.07) is 3.56. The average Bonchev–Trinajstić information content (AvgIpc) is 2.85. The molecule has 7 nitrogen and oxygen atoms in total. The third kappa shape index (κ3) is 3.48. The highest BCUT2D eigenvalue weighted by Crippen LogP contribution is 2.30. The van der Waals surface area contributed by atoms with Crippen molar-refractivity contribution in [3.8, 4) is 11.5 Å². The highest BCUT2D eigenvalue weighted by Gasteiger charge is 2.24. The van der Waals surface area contributed by atoms with Gasteiger partial charge in [-0.05, 0) is 44.0 Å². The lowest BCUT2D eigenvalue weighted by Gasteiger charge is -2.13. The maximum Gasteiger partial charge on any atom is 0.246 e. The van der Waals surface area contributed by atoms with Gasteiger partial charge in [-0.1, -0.05) is 5.16 Å². The Morgan fingerprint density at radius 1 is 1.13 bits per heavy atom. The molecule has 0 aliphatic rings. The Morgan fingerprint density at radius 2 is 1.74 bits per heavy atom. The van der Waals surface area contributed by atoms with Crippen molar-refractivity contribution in [3.63, 3.8) is 0 Å². The minimum Gasteiger partial charge on any atom is -0.493 e. The van der Waals surface area contributed by atoms with Crippen molar-refractivity contribution in [3.05, 3.63) is 34.7 Å². The summed E-state index contributed by atoms with van der Waals surface area (Å²) in [4.78, 5) is 0.0793. The number of sulfonamides is 1. The molecule has 1 aromatic carbocycles. The highest BCUT2D eigenvalue weighted by molar-refractivity contribution is 7.89. The van der Waals surface area contributed by atoms with Gasteiger partial charge < -0.3 is 14.0 Å². The SMILES string of the molecule is COc1cc(C)c(CNS(=O)(=O)c2c(C)noc2C)cc1OC. The smallest absolute Gasteiger partial charge is 0.246 e. The topological polar surface area (TPSA) is 90.7 Å². The molecular weight excluding hydrogens is 320 g/mol. The number of hydrogen-bond acceptors (Lipinski definition) is 6. The van der Waals surface area contributed by atoms with Crippen LogP contribution in [0.15, 0.2) is 21.6 Å². The van der Waals surface area contributed by atoms with Gasteiger partial charge in [-0.2, -0.15) is 0 Å². The van der Waals surface area contributed by atoms with Crippen LogP contribution in [-0.2, 0) is 16.6 Å². The molecular formula is C15H20N2O5S. The van der Waals surface area contributed by atoms with Crippen molar-refractivity contribution >= 4 is 10.0 Å². The number of benzene rings is 1. The van der Waals surface area contributed by atoms with Gasteiger partial charge in [-0.3, -0.25) is 0 Å². The zero-order chi connectivity index (χ0) is 17.2. The highest BCUT2D eigenvalue weighted by atomic mass is 32.2. The Kier molecular flexibility index (Phi) is 4.96. The van der Waals surface area contributed by atoms with Crippen LogP contribution >= 0.6 is 0 Å². The van der Waals surface area contributed by atoms with E-state index in [1.165, 1.54) is 7.11 Å². The van der Waals surface area contributed by atoms with Gasteiger partial charge in [-0.15, -0.1) is 0 Å². The van der Waals surface area contributed by atoms with E-state index in [1.54, 1.807) is 33.1 Å². The summed E-state index contributed by atoms with van der Waals surface area (Å²) in [5.74, 6) is 1.41. The first kappa shape index (κ1) is 17.3. The fourth-order valence-corrected chi connectivity index (χ4v) is 3.65. The summed E-state index contributed by atoms with van der Waals surface area (Å²) in [6.45, 7) is 5.16. The van der Waals surface area contributed by atoms with Gasteiger partial charge >= 0.3 is 0 Å². The summed E-state index contributed by atoms with van der Waals surface area (Å²) < 4.78 is 42.8. The van der Waals surface area contributed by atoms with Gasteiger partial charge in [0.25, 0.3) is 0 Å². The number of rotatable bonds is 6. The van der Waals surface area contributed by atoms with Crippen LogP contribution in [0.3, 0.4) is 0 Å². The summed E-state index contributed by atoms with van der Waals surface area (Å²) in [5.41, 5.74) is 2.01. The Bertz CT molecular complexity index is 792. The van der Waals surface area contributed by atoms with Crippen molar-refractivity contribution in [1.82, 2.24) is 9.88 Å². The van der Waals surface area contributed by atoms with Crippen LogP contribution in [-0.4, -0.2) is 27.8 Å². The monoisotopic (exact) mass is 340 g/mol. The molecule has 0 fully saturated rings. The second kappa shape index (κ2) is 6.59. The lowest BCUT2D eigenvalue weighted by molar-refractivity contribution is 0.354. The number of nitrogens with zero attached hydrogens (tertiary/aromatic N) is 1. The first-order valence-corrected chi connectivity index (χ1v) is 8.42. The van der Waals surface area contributed by atoms with Crippen LogP contribution in [0.4, 0.5) is 0 Å². The van der Waals surface area contributed by atoms with Gasteiger partial charge in [0, 0.05) is 6.54 Å². The number of aryl methyl sites for hydroxylation is 3. The molecule has 23 heavy (non-hydrogen) atoms. The second-order valence-corrected chi connectivity index (χ2v) is 6.82. The van der Waals surface area contributed by atoms with Gasteiger partial charge in [0.2, 0.25) is 10.0 Å².